The van der Waals surface area contributed by atoms with Crippen LogP contribution in [-0.4, -0.2) is 0 Å². The second-order valence-corrected chi connectivity index (χ2v) is 4.93. The van der Waals surface area contributed by atoms with Crippen LogP contribution in [0.4, 0.5) is 0 Å². The van der Waals surface area contributed by atoms with Crippen molar-refractivity contribution in [2.45, 2.75) is 25.5 Å². The molecule has 0 atom stereocenters. The quantitative estimate of drug-likeness (QED) is 0.605. The third-order valence-corrected chi connectivity index (χ3v) is 3.48. The predicted molar refractivity (Wildman–Crippen MR) is 70.7 cm³/mol. The SMILES string of the molecule is Clc1c(OCc2ccccc2)ccc[n+]1C1CC1. The molecule has 1 aromatic heterocycles. The molecule has 92 valence electrons. The molecule has 0 N–H and O–H groups in total. The zero-order valence-electron chi connectivity index (χ0n) is 10.1. The highest BCUT2D eigenvalue weighted by atomic mass is 35.5. The molecule has 2 nitrogen and oxygen atoms in total. The van der Waals surface area contributed by atoms with Gasteiger partial charge in [-0.05, 0) is 23.2 Å². The minimum atomic E-state index is 0.551. The lowest BCUT2D eigenvalue weighted by molar-refractivity contribution is -0.698. The van der Waals surface area contributed by atoms with Crippen LogP contribution in [0.2, 0.25) is 5.15 Å². The van der Waals surface area contributed by atoms with Gasteiger partial charge in [-0.3, -0.25) is 0 Å². The summed E-state index contributed by atoms with van der Waals surface area (Å²) < 4.78 is 7.89. The molecule has 0 spiro atoms. The van der Waals surface area contributed by atoms with Crippen molar-refractivity contribution in [2.24, 2.45) is 0 Å². The average molecular weight is 261 g/mol. The van der Waals surface area contributed by atoms with Crippen LogP contribution < -0.4 is 9.30 Å². The van der Waals surface area contributed by atoms with E-state index in [1.165, 1.54) is 12.8 Å². The van der Waals surface area contributed by atoms with Crippen molar-refractivity contribution >= 4 is 11.6 Å². The van der Waals surface area contributed by atoms with Crippen LogP contribution >= 0.6 is 11.6 Å². The van der Waals surface area contributed by atoms with Crippen LogP contribution in [0.5, 0.6) is 5.75 Å². The Morgan fingerprint density at radius 2 is 1.89 bits per heavy atom. The monoisotopic (exact) mass is 260 g/mol. The van der Waals surface area contributed by atoms with Crippen LogP contribution in [0.25, 0.3) is 0 Å². The van der Waals surface area contributed by atoms with Crippen molar-refractivity contribution in [1.82, 2.24) is 0 Å². The van der Waals surface area contributed by atoms with Crippen molar-refractivity contribution in [3.63, 3.8) is 0 Å². The van der Waals surface area contributed by atoms with E-state index in [-0.39, 0.29) is 0 Å². The third kappa shape index (κ3) is 2.49. The Morgan fingerprint density at radius 1 is 1.11 bits per heavy atom. The van der Waals surface area contributed by atoms with Crippen molar-refractivity contribution in [3.8, 4) is 5.75 Å². The van der Waals surface area contributed by atoms with Gasteiger partial charge in [-0.25, -0.2) is 0 Å². The topological polar surface area (TPSA) is 13.1 Å². The number of ether oxygens (including phenoxy) is 1. The smallest absolute Gasteiger partial charge is 0.317 e. The fraction of sp³-hybridized carbons (Fsp3) is 0.267. The van der Waals surface area contributed by atoms with Gasteiger partial charge < -0.3 is 4.74 Å². The zero-order valence-corrected chi connectivity index (χ0v) is 10.8. The van der Waals surface area contributed by atoms with E-state index in [9.17, 15) is 0 Å². The maximum atomic E-state index is 6.35. The lowest BCUT2D eigenvalue weighted by Gasteiger charge is -2.07. The average Bonchev–Trinajstić information content (AvgIpc) is 3.23. The lowest BCUT2D eigenvalue weighted by Crippen LogP contribution is -2.33. The molecule has 1 saturated carbocycles. The largest absolute Gasteiger partial charge is 0.481 e. The molecule has 0 unspecified atom stereocenters. The predicted octanol–water partition coefficient (Wildman–Crippen LogP) is 3.54. The maximum absolute atomic E-state index is 6.35. The van der Waals surface area contributed by atoms with Gasteiger partial charge in [0.05, 0.1) is 0 Å². The van der Waals surface area contributed by atoms with Crippen LogP contribution in [0.15, 0.2) is 48.7 Å². The summed E-state index contributed by atoms with van der Waals surface area (Å²) in [6.45, 7) is 0.551. The van der Waals surface area contributed by atoms with E-state index in [0.29, 0.717) is 17.8 Å². The summed E-state index contributed by atoms with van der Waals surface area (Å²) in [6.07, 6.45) is 4.45. The van der Waals surface area contributed by atoms with Crippen LogP contribution in [0.1, 0.15) is 24.4 Å². The van der Waals surface area contributed by atoms with Crippen molar-refractivity contribution < 1.29 is 9.30 Å². The fourth-order valence-corrected chi connectivity index (χ4v) is 2.27. The van der Waals surface area contributed by atoms with Crippen LogP contribution in [0.3, 0.4) is 0 Å². The lowest BCUT2D eigenvalue weighted by atomic mass is 10.2. The highest BCUT2D eigenvalue weighted by molar-refractivity contribution is 6.29. The molecule has 18 heavy (non-hydrogen) atoms. The minimum absolute atomic E-state index is 0.551. The summed E-state index contributed by atoms with van der Waals surface area (Å²) in [6, 6.07) is 14.6. The molecule has 0 radical (unpaired) electrons. The molecule has 1 aromatic carbocycles. The Labute approximate surface area is 112 Å². The molecule has 0 amide bonds. The Morgan fingerprint density at radius 3 is 2.61 bits per heavy atom. The van der Waals surface area contributed by atoms with Gasteiger partial charge in [0, 0.05) is 18.9 Å². The summed E-state index contributed by atoms with van der Waals surface area (Å²) in [7, 11) is 0. The highest BCUT2D eigenvalue weighted by Crippen LogP contribution is 2.32. The van der Waals surface area contributed by atoms with Crippen molar-refractivity contribution in [2.75, 3.05) is 0 Å². The second-order valence-electron chi connectivity index (χ2n) is 4.58. The minimum Gasteiger partial charge on any atom is -0.481 e. The normalized spacial score (nSPS) is 14.5. The maximum Gasteiger partial charge on any atom is 0.317 e. The second kappa shape index (κ2) is 4.99. The number of halogens is 1. The molecule has 0 bridgehead atoms. The summed E-state index contributed by atoms with van der Waals surface area (Å²) in [4.78, 5) is 0. The summed E-state index contributed by atoms with van der Waals surface area (Å²) in [5.74, 6) is 0.759. The first kappa shape index (κ1) is 11.5. The number of benzene rings is 1. The third-order valence-electron chi connectivity index (χ3n) is 3.10. The van der Waals surface area contributed by atoms with E-state index in [1.807, 2.05) is 48.7 Å². The molecular formula is C15H15ClNO+. The molecule has 1 heterocycles. The van der Waals surface area contributed by atoms with Gasteiger partial charge >= 0.3 is 5.15 Å². The first-order valence-electron chi connectivity index (χ1n) is 6.21. The van der Waals surface area contributed by atoms with E-state index in [1.54, 1.807) is 0 Å². The van der Waals surface area contributed by atoms with E-state index in [4.69, 9.17) is 16.3 Å². The number of nitrogens with zero attached hydrogens (tertiary/aromatic N) is 1. The molecule has 0 saturated heterocycles. The van der Waals surface area contributed by atoms with E-state index in [0.717, 1.165) is 11.3 Å². The van der Waals surface area contributed by atoms with E-state index >= 15 is 0 Å². The molecule has 1 aliphatic carbocycles. The molecule has 3 heteroatoms. The van der Waals surface area contributed by atoms with Gasteiger partial charge in [0.25, 0.3) is 0 Å². The number of hydrogen-bond acceptors (Lipinski definition) is 1. The van der Waals surface area contributed by atoms with Crippen LogP contribution in [0, 0.1) is 0 Å². The standard InChI is InChI=1S/C15H15ClNO/c16-15-14(7-4-10-17(15)13-8-9-13)18-11-12-5-2-1-3-6-12/h1-7,10,13H,8-9,11H2/q+1. The number of hydrogen-bond donors (Lipinski definition) is 0. The number of rotatable bonds is 4. The van der Waals surface area contributed by atoms with Gasteiger partial charge in [-0.15, -0.1) is 0 Å². The van der Waals surface area contributed by atoms with Gasteiger partial charge in [0.1, 0.15) is 6.61 Å². The van der Waals surface area contributed by atoms with E-state index in [2.05, 4.69) is 4.57 Å². The van der Waals surface area contributed by atoms with Gasteiger partial charge in [0.2, 0.25) is 5.75 Å². The first-order valence-corrected chi connectivity index (χ1v) is 6.59. The van der Waals surface area contributed by atoms with E-state index < -0.39 is 0 Å². The zero-order chi connectivity index (χ0) is 12.4. The summed E-state index contributed by atoms with van der Waals surface area (Å²) in [5.41, 5.74) is 1.15. The van der Waals surface area contributed by atoms with Gasteiger partial charge in [-0.1, -0.05) is 30.3 Å². The Balaban J connectivity index is 1.74. The summed E-state index contributed by atoms with van der Waals surface area (Å²) >= 11 is 6.35. The molecular weight excluding hydrogens is 246 g/mol. The summed E-state index contributed by atoms with van der Waals surface area (Å²) in [5, 5.41) is 0.705. The Bertz CT molecular complexity index is 537. The van der Waals surface area contributed by atoms with Crippen molar-refractivity contribution in [3.05, 3.63) is 59.4 Å². The highest BCUT2D eigenvalue weighted by Gasteiger charge is 2.34. The number of pyridine rings is 1. The Kier molecular flexibility index (Phi) is 3.20. The number of aromatic nitrogens is 1. The van der Waals surface area contributed by atoms with Gasteiger partial charge in [0.15, 0.2) is 12.2 Å². The Hall–Kier alpha value is -1.54. The fourth-order valence-electron chi connectivity index (χ4n) is 1.96. The molecule has 3 rings (SSSR count). The van der Waals surface area contributed by atoms with Crippen LogP contribution in [-0.2, 0) is 6.61 Å². The molecule has 2 aromatic rings. The first-order chi connectivity index (χ1) is 8.84. The molecule has 1 fully saturated rings. The molecule has 1 aliphatic rings. The van der Waals surface area contributed by atoms with Gasteiger partial charge in [-0.2, -0.15) is 4.57 Å². The van der Waals surface area contributed by atoms with Crippen molar-refractivity contribution in [1.29, 1.82) is 0 Å². The molecule has 0 aliphatic heterocycles.